The number of hydrogen-bond acceptors (Lipinski definition) is 4. The summed E-state index contributed by atoms with van der Waals surface area (Å²) < 4.78 is 12.0. The highest BCUT2D eigenvalue weighted by Gasteiger charge is 2.13. The minimum absolute atomic E-state index is 0.116. The Morgan fingerprint density at radius 1 is 0.935 bits per heavy atom. The molecule has 3 rings (SSSR count). The van der Waals surface area contributed by atoms with Crippen molar-refractivity contribution < 1.29 is 19.1 Å². The van der Waals surface area contributed by atoms with Gasteiger partial charge in [0, 0.05) is 19.3 Å². The van der Waals surface area contributed by atoms with Crippen LogP contribution in [0.2, 0.25) is 0 Å². The van der Waals surface area contributed by atoms with E-state index in [1.54, 1.807) is 0 Å². The molecule has 1 aliphatic carbocycles. The average molecular weight is 461 g/mol. The van der Waals surface area contributed by atoms with Gasteiger partial charge in [-0.15, -0.1) is 0 Å². The summed E-state index contributed by atoms with van der Waals surface area (Å²) in [6, 6.07) is 14.7. The van der Waals surface area contributed by atoms with Crippen molar-refractivity contribution in [2.24, 2.45) is 0 Å². The minimum atomic E-state index is -0.404. The van der Waals surface area contributed by atoms with Crippen LogP contribution >= 0.6 is 23.2 Å². The number of benzene rings is 2. The number of carbonyl (C=O) groups excluding carboxylic acids is 2. The van der Waals surface area contributed by atoms with E-state index >= 15 is 0 Å². The lowest BCUT2D eigenvalue weighted by Gasteiger charge is -2.16. The Kier molecular flexibility index (Phi) is 10.3. The Morgan fingerprint density at radius 2 is 1.52 bits per heavy atom. The lowest BCUT2D eigenvalue weighted by atomic mass is 10.1. The third-order valence-corrected chi connectivity index (χ3v) is 4.57. The molecule has 2 aromatic rings. The molecule has 31 heavy (non-hydrogen) atoms. The number of halogens is 2. The summed E-state index contributed by atoms with van der Waals surface area (Å²) in [4.78, 5) is 22.2. The Hall–Kier alpha value is -2.56. The number of ether oxygens (including phenoxy) is 2. The van der Waals surface area contributed by atoms with Crippen molar-refractivity contribution in [1.29, 1.82) is 0 Å². The maximum atomic E-state index is 11.1. The summed E-state index contributed by atoms with van der Waals surface area (Å²) in [6.45, 7) is 4.00. The number of carbonyl (C=O) groups is 2. The Bertz CT molecular complexity index is 950. The summed E-state index contributed by atoms with van der Waals surface area (Å²) in [5.74, 6) is 2.17. The molecule has 1 atom stereocenters. The van der Waals surface area contributed by atoms with Gasteiger partial charge in [0.15, 0.2) is 0 Å². The zero-order chi connectivity index (χ0) is 22.6. The van der Waals surface area contributed by atoms with Crippen LogP contribution < -0.4 is 9.47 Å². The molecule has 0 N–H and O–H groups in total. The highest BCUT2D eigenvalue weighted by Crippen LogP contribution is 2.24. The van der Waals surface area contributed by atoms with E-state index in [0.29, 0.717) is 17.9 Å². The third-order valence-electron chi connectivity index (χ3n) is 4.30. The highest BCUT2D eigenvalue weighted by molar-refractivity contribution is 6.64. The minimum Gasteiger partial charge on any atom is -0.486 e. The Morgan fingerprint density at radius 3 is 2.13 bits per heavy atom. The first kappa shape index (κ1) is 24.7. The summed E-state index contributed by atoms with van der Waals surface area (Å²) in [7, 11) is 0. The molecule has 0 radical (unpaired) electrons. The van der Waals surface area contributed by atoms with E-state index in [0.717, 1.165) is 23.3 Å². The fourth-order valence-corrected chi connectivity index (χ4v) is 3.34. The van der Waals surface area contributed by atoms with E-state index in [1.165, 1.54) is 0 Å². The Balaban J connectivity index is 0.00000166. The third kappa shape index (κ3) is 8.99. The Labute approximate surface area is 193 Å². The molecule has 1 aliphatic rings. The van der Waals surface area contributed by atoms with Crippen molar-refractivity contribution in [2.45, 2.75) is 45.6 Å². The lowest BCUT2D eigenvalue weighted by Crippen LogP contribution is -2.13. The first-order valence-electron chi connectivity index (χ1n) is 10.2. The zero-order valence-corrected chi connectivity index (χ0v) is 19.2. The molecule has 0 saturated carbocycles. The van der Waals surface area contributed by atoms with Crippen molar-refractivity contribution in [3.05, 3.63) is 83.6 Å². The molecule has 0 spiro atoms. The molecule has 0 amide bonds. The monoisotopic (exact) mass is 460 g/mol. The molecule has 164 valence electrons. The van der Waals surface area contributed by atoms with Crippen molar-refractivity contribution in [3.8, 4) is 11.5 Å². The maximum absolute atomic E-state index is 11.1. The van der Waals surface area contributed by atoms with E-state index < -0.39 is 10.5 Å². The van der Waals surface area contributed by atoms with Crippen LogP contribution in [-0.2, 0) is 22.4 Å². The van der Waals surface area contributed by atoms with Crippen LogP contribution in [0.15, 0.2) is 72.5 Å². The van der Waals surface area contributed by atoms with Gasteiger partial charge in [-0.1, -0.05) is 44.2 Å². The lowest BCUT2D eigenvalue weighted by molar-refractivity contribution is -0.111. The zero-order valence-electron chi connectivity index (χ0n) is 17.6. The molecule has 0 fully saturated rings. The summed E-state index contributed by atoms with van der Waals surface area (Å²) in [6.07, 6.45) is 7.44. The van der Waals surface area contributed by atoms with Gasteiger partial charge >= 0.3 is 0 Å². The van der Waals surface area contributed by atoms with Crippen LogP contribution in [0.5, 0.6) is 11.5 Å². The standard InChI is InChI=1S/C23H20Cl2O4.C2H6/c24-22(26)14-16-4-1-8-20(12-16)28-18-6-3-7-19(11-10-18)29-21-9-2-5-17(13-21)15-23(25)27;1-2/h1-9,12-13,18H,10-11,14-15H2;1-2H3. The highest BCUT2D eigenvalue weighted by atomic mass is 35.5. The van der Waals surface area contributed by atoms with Crippen molar-refractivity contribution in [1.82, 2.24) is 0 Å². The van der Waals surface area contributed by atoms with Crippen LogP contribution in [-0.4, -0.2) is 16.6 Å². The van der Waals surface area contributed by atoms with E-state index in [9.17, 15) is 9.59 Å². The number of allylic oxidation sites excluding steroid dienone is 3. The molecule has 6 heteroatoms. The molecular formula is C25H26Cl2O4. The molecule has 0 aliphatic heterocycles. The van der Waals surface area contributed by atoms with E-state index in [-0.39, 0.29) is 18.9 Å². The molecule has 2 aromatic carbocycles. The summed E-state index contributed by atoms with van der Waals surface area (Å²) >= 11 is 10.9. The van der Waals surface area contributed by atoms with E-state index in [2.05, 4.69) is 0 Å². The van der Waals surface area contributed by atoms with Gasteiger partial charge in [0.1, 0.15) is 23.4 Å². The van der Waals surface area contributed by atoms with Crippen molar-refractivity contribution in [3.63, 3.8) is 0 Å². The largest absolute Gasteiger partial charge is 0.486 e. The first-order valence-corrected chi connectivity index (χ1v) is 11.0. The predicted octanol–water partition coefficient (Wildman–Crippen LogP) is 6.39. The average Bonchev–Trinajstić information content (AvgIpc) is 2.94. The second-order valence-electron chi connectivity index (χ2n) is 6.67. The predicted molar refractivity (Wildman–Crippen MR) is 125 cm³/mol. The number of hydrogen-bond donors (Lipinski definition) is 0. The van der Waals surface area contributed by atoms with Crippen molar-refractivity contribution in [2.75, 3.05) is 0 Å². The second kappa shape index (κ2) is 13.0. The van der Waals surface area contributed by atoms with E-state index in [4.69, 9.17) is 32.7 Å². The molecule has 0 aromatic heterocycles. The fourth-order valence-electron chi connectivity index (χ4n) is 3.03. The molecule has 0 heterocycles. The first-order chi connectivity index (χ1) is 15.0. The van der Waals surface area contributed by atoms with Gasteiger partial charge in [0.25, 0.3) is 0 Å². The molecular weight excluding hydrogens is 435 g/mol. The van der Waals surface area contributed by atoms with Crippen LogP contribution in [0.3, 0.4) is 0 Å². The normalized spacial score (nSPS) is 15.1. The smallest absolute Gasteiger partial charge is 0.226 e. The molecule has 0 bridgehead atoms. The molecule has 4 nitrogen and oxygen atoms in total. The fraction of sp³-hybridized carbons (Fsp3) is 0.280. The van der Waals surface area contributed by atoms with Gasteiger partial charge in [-0.2, -0.15) is 0 Å². The van der Waals surface area contributed by atoms with Crippen LogP contribution in [0, 0.1) is 0 Å². The quantitative estimate of drug-likeness (QED) is 0.428. The van der Waals surface area contributed by atoms with Crippen LogP contribution in [0.4, 0.5) is 0 Å². The molecule has 1 unspecified atom stereocenters. The van der Waals surface area contributed by atoms with Gasteiger partial charge < -0.3 is 9.47 Å². The van der Waals surface area contributed by atoms with Crippen molar-refractivity contribution >= 4 is 33.7 Å². The summed E-state index contributed by atoms with van der Waals surface area (Å²) in [5, 5.41) is -0.805. The second-order valence-corrected chi connectivity index (χ2v) is 7.52. The van der Waals surface area contributed by atoms with Crippen LogP contribution in [0.1, 0.15) is 37.8 Å². The number of rotatable bonds is 8. The van der Waals surface area contributed by atoms with Gasteiger partial charge in [-0.25, -0.2) is 0 Å². The topological polar surface area (TPSA) is 52.6 Å². The van der Waals surface area contributed by atoms with Gasteiger partial charge in [-0.05, 0) is 77.2 Å². The van der Waals surface area contributed by atoms with Crippen LogP contribution in [0.25, 0.3) is 0 Å². The van der Waals surface area contributed by atoms with E-state index in [1.807, 2.05) is 80.6 Å². The van der Waals surface area contributed by atoms with Gasteiger partial charge in [0.2, 0.25) is 10.5 Å². The SMILES string of the molecule is CC.O=C(Cl)Cc1cccc(OC2=CC=CC(Oc3cccc(CC(=O)Cl)c3)CC2)c1. The van der Waals surface area contributed by atoms with Gasteiger partial charge in [-0.3, -0.25) is 9.59 Å². The molecule has 0 saturated heterocycles. The summed E-state index contributed by atoms with van der Waals surface area (Å²) in [5.41, 5.74) is 1.63. The maximum Gasteiger partial charge on any atom is 0.226 e. The van der Waals surface area contributed by atoms with Gasteiger partial charge in [0.05, 0.1) is 0 Å².